The fourth-order valence-corrected chi connectivity index (χ4v) is 1.96. The Morgan fingerprint density at radius 1 is 1.28 bits per heavy atom. The van der Waals surface area contributed by atoms with Crippen LogP contribution in [0.3, 0.4) is 0 Å². The molecule has 1 nitrogen and oxygen atoms in total. The molecule has 1 heteroatoms. The van der Waals surface area contributed by atoms with Gasteiger partial charge in [0.2, 0.25) is 0 Å². The summed E-state index contributed by atoms with van der Waals surface area (Å²) in [6.07, 6.45) is 12.5. The van der Waals surface area contributed by atoms with E-state index in [4.69, 9.17) is 5.73 Å². The highest BCUT2D eigenvalue weighted by atomic mass is 14.6. The lowest BCUT2D eigenvalue weighted by Gasteiger charge is -2.13. The largest absolute Gasteiger partial charge is 0.402 e. The number of rotatable bonds is 3. The highest BCUT2D eigenvalue weighted by Gasteiger charge is 2.07. The molecule has 1 aromatic rings. The van der Waals surface area contributed by atoms with E-state index in [-0.39, 0.29) is 0 Å². The van der Waals surface area contributed by atoms with Crippen molar-refractivity contribution in [2.24, 2.45) is 5.73 Å². The van der Waals surface area contributed by atoms with Gasteiger partial charge < -0.3 is 5.73 Å². The van der Waals surface area contributed by atoms with Gasteiger partial charge in [-0.3, -0.25) is 0 Å². The van der Waals surface area contributed by atoms with E-state index in [1.54, 1.807) is 0 Å². The van der Waals surface area contributed by atoms with Crippen LogP contribution in [0, 0.1) is 0 Å². The molecule has 0 aromatic heterocycles. The summed E-state index contributed by atoms with van der Waals surface area (Å²) < 4.78 is 0. The molecule has 0 amide bonds. The van der Waals surface area contributed by atoms with Gasteiger partial charge >= 0.3 is 0 Å². The van der Waals surface area contributed by atoms with Crippen LogP contribution in [0.4, 0.5) is 0 Å². The Kier molecular flexibility index (Phi) is 4.19. The van der Waals surface area contributed by atoms with Gasteiger partial charge in [0.1, 0.15) is 0 Å². The second-order valence-electron chi connectivity index (χ2n) is 4.37. The van der Waals surface area contributed by atoms with Crippen LogP contribution in [-0.2, 0) is 0 Å². The molecular weight excluding hydrogens is 218 g/mol. The maximum absolute atomic E-state index is 5.85. The zero-order valence-electron chi connectivity index (χ0n) is 10.8. The number of hydrogen-bond acceptors (Lipinski definition) is 1. The van der Waals surface area contributed by atoms with Gasteiger partial charge in [-0.1, -0.05) is 61.6 Å². The van der Waals surface area contributed by atoms with E-state index >= 15 is 0 Å². The van der Waals surface area contributed by atoms with Crippen LogP contribution in [0.1, 0.15) is 25.3 Å². The molecule has 18 heavy (non-hydrogen) atoms. The van der Waals surface area contributed by atoms with Crippen molar-refractivity contribution in [3.8, 4) is 0 Å². The van der Waals surface area contributed by atoms with E-state index in [9.17, 15) is 0 Å². The Bertz CT molecular complexity index is 516. The van der Waals surface area contributed by atoms with E-state index in [1.807, 2.05) is 12.1 Å². The predicted octanol–water partition coefficient (Wildman–Crippen LogP) is 4.21. The molecule has 0 saturated carbocycles. The molecule has 0 fully saturated rings. The third-order valence-corrected chi connectivity index (χ3v) is 3.07. The van der Waals surface area contributed by atoms with Crippen molar-refractivity contribution in [3.05, 3.63) is 77.5 Å². The van der Waals surface area contributed by atoms with Crippen LogP contribution >= 0.6 is 0 Å². The first-order chi connectivity index (χ1) is 8.81. The van der Waals surface area contributed by atoms with Crippen LogP contribution in [0.25, 0.3) is 5.57 Å². The summed E-state index contributed by atoms with van der Waals surface area (Å²) in [6, 6.07) is 10.5. The average Bonchev–Trinajstić information content (AvgIpc) is 2.46. The van der Waals surface area contributed by atoms with Crippen molar-refractivity contribution in [2.75, 3.05) is 0 Å². The molecule has 1 aromatic carbocycles. The van der Waals surface area contributed by atoms with Crippen LogP contribution in [0.15, 0.2) is 72.0 Å². The van der Waals surface area contributed by atoms with Gasteiger partial charge in [-0.05, 0) is 35.6 Å². The minimum absolute atomic E-state index is 0.893. The van der Waals surface area contributed by atoms with Gasteiger partial charge in [0.15, 0.2) is 0 Å². The Balaban J connectivity index is 2.32. The van der Waals surface area contributed by atoms with Crippen molar-refractivity contribution in [1.82, 2.24) is 0 Å². The third-order valence-electron chi connectivity index (χ3n) is 3.07. The maximum Gasteiger partial charge on any atom is 0.00777 e. The molecule has 0 atom stereocenters. The minimum atomic E-state index is 0.893. The molecule has 0 bridgehead atoms. The van der Waals surface area contributed by atoms with Crippen molar-refractivity contribution in [1.29, 1.82) is 0 Å². The van der Waals surface area contributed by atoms with Crippen molar-refractivity contribution in [3.63, 3.8) is 0 Å². The fraction of sp³-hybridized carbons (Fsp3) is 0.176. The van der Waals surface area contributed by atoms with E-state index in [0.717, 1.165) is 18.5 Å². The highest BCUT2D eigenvalue weighted by Crippen LogP contribution is 2.28. The summed E-state index contributed by atoms with van der Waals surface area (Å²) >= 11 is 0. The average molecular weight is 237 g/mol. The minimum Gasteiger partial charge on any atom is -0.402 e. The standard InChI is InChI=1S/C17H19N/c1-2-16(18)13-12-15-10-6-7-11-17(15)14-8-4-3-5-9-14/h3-9,11-13H,2,10,18H2,1H3/b15-12+,16-13+. The van der Waals surface area contributed by atoms with Crippen LogP contribution in [0.2, 0.25) is 0 Å². The third kappa shape index (κ3) is 3.01. The molecule has 2 rings (SSSR count). The lowest BCUT2D eigenvalue weighted by atomic mass is 9.91. The first kappa shape index (κ1) is 12.4. The van der Waals surface area contributed by atoms with Gasteiger partial charge in [0.05, 0.1) is 0 Å². The Morgan fingerprint density at radius 2 is 2.06 bits per heavy atom. The smallest absolute Gasteiger partial charge is 0.00777 e. The summed E-state index contributed by atoms with van der Waals surface area (Å²) in [7, 11) is 0. The Hall–Kier alpha value is -2.02. The van der Waals surface area contributed by atoms with E-state index in [0.29, 0.717) is 0 Å². The summed E-state index contributed by atoms with van der Waals surface area (Å²) in [6.45, 7) is 2.07. The first-order valence-electron chi connectivity index (χ1n) is 6.39. The number of nitrogens with two attached hydrogens (primary N) is 1. The molecule has 0 radical (unpaired) electrons. The molecule has 0 aliphatic heterocycles. The van der Waals surface area contributed by atoms with E-state index in [2.05, 4.69) is 55.5 Å². The van der Waals surface area contributed by atoms with Crippen molar-refractivity contribution >= 4 is 5.57 Å². The monoisotopic (exact) mass is 237 g/mol. The summed E-state index contributed by atoms with van der Waals surface area (Å²) in [5, 5.41) is 0. The zero-order valence-corrected chi connectivity index (χ0v) is 10.8. The van der Waals surface area contributed by atoms with Gasteiger partial charge in [0, 0.05) is 5.70 Å². The molecule has 1 aliphatic rings. The summed E-state index contributed by atoms with van der Waals surface area (Å²) in [5.74, 6) is 0. The van der Waals surface area contributed by atoms with Gasteiger partial charge in [0.25, 0.3) is 0 Å². The lowest BCUT2D eigenvalue weighted by molar-refractivity contribution is 1.07. The van der Waals surface area contributed by atoms with Crippen LogP contribution in [0.5, 0.6) is 0 Å². The topological polar surface area (TPSA) is 26.0 Å². The molecule has 1 aliphatic carbocycles. The molecule has 0 heterocycles. The molecule has 92 valence electrons. The zero-order chi connectivity index (χ0) is 12.8. The number of benzene rings is 1. The maximum atomic E-state index is 5.85. The fourth-order valence-electron chi connectivity index (χ4n) is 1.96. The van der Waals surface area contributed by atoms with E-state index < -0.39 is 0 Å². The second-order valence-corrected chi connectivity index (χ2v) is 4.37. The molecule has 0 spiro atoms. The SMILES string of the molecule is CC/C(N)=C\C=C1/CC=CC=C1c1ccccc1. The molecule has 0 saturated heterocycles. The Labute approximate surface area is 109 Å². The molecular formula is C17H19N. The predicted molar refractivity (Wildman–Crippen MR) is 78.8 cm³/mol. The van der Waals surface area contributed by atoms with Crippen molar-refractivity contribution < 1.29 is 0 Å². The lowest BCUT2D eigenvalue weighted by Crippen LogP contribution is -1.95. The van der Waals surface area contributed by atoms with Gasteiger partial charge in [-0.2, -0.15) is 0 Å². The summed E-state index contributed by atoms with van der Waals surface area (Å²) in [4.78, 5) is 0. The highest BCUT2D eigenvalue weighted by molar-refractivity contribution is 5.81. The molecule has 0 unspecified atom stereocenters. The quantitative estimate of drug-likeness (QED) is 0.837. The normalized spacial score (nSPS) is 17.9. The van der Waals surface area contributed by atoms with Gasteiger partial charge in [-0.15, -0.1) is 0 Å². The van der Waals surface area contributed by atoms with Crippen molar-refractivity contribution in [2.45, 2.75) is 19.8 Å². The van der Waals surface area contributed by atoms with Crippen LogP contribution < -0.4 is 5.73 Å². The summed E-state index contributed by atoms with van der Waals surface area (Å²) in [5.41, 5.74) is 10.6. The van der Waals surface area contributed by atoms with Gasteiger partial charge in [-0.25, -0.2) is 0 Å². The first-order valence-corrected chi connectivity index (χ1v) is 6.39. The number of allylic oxidation sites excluding steroid dienone is 8. The van der Waals surface area contributed by atoms with Crippen LogP contribution in [-0.4, -0.2) is 0 Å². The van der Waals surface area contributed by atoms with E-state index in [1.165, 1.54) is 16.7 Å². The number of hydrogen-bond donors (Lipinski definition) is 1. The Morgan fingerprint density at radius 3 is 2.78 bits per heavy atom. The molecule has 2 N–H and O–H groups in total. The second kappa shape index (κ2) is 6.06.